The van der Waals surface area contributed by atoms with Gasteiger partial charge in [0.25, 0.3) is 5.91 Å². The van der Waals surface area contributed by atoms with Gasteiger partial charge in [-0.15, -0.1) is 0 Å². The molecule has 3 rings (SSSR count). The van der Waals surface area contributed by atoms with Crippen LogP contribution < -0.4 is 10.7 Å². The molecule has 2 heterocycles. The van der Waals surface area contributed by atoms with Crippen molar-refractivity contribution in [2.45, 2.75) is 6.54 Å². The number of nitrogens with one attached hydrogen (secondary N) is 1. The van der Waals surface area contributed by atoms with Crippen molar-refractivity contribution in [1.82, 2.24) is 10.3 Å². The molecule has 0 aliphatic carbocycles. The van der Waals surface area contributed by atoms with Crippen LogP contribution in [0.25, 0.3) is 11.0 Å². The summed E-state index contributed by atoms with van der Waals surface area (Å²) in [5.41, 5.74) is 1.04. The molecule has 2 aromatic heterocycles. The average molecular weight is 359 g/mol. The van der Waals surface area contributed by atoms with E-state index in [2.05, 4.69) is 26.2 Å². The number of fused-ring (bicyclic) bond motifs is 1. The molecule has 1 aromatic carbocycles. The van der Waals surface area contributed by atoms with Crippen LogP contribution in [0.1, 0.15) is 16.1 Å². The first kappa shape index (κ1) is 14.5. The first-order valence-corrected chi connectivity index (χ1v) is 7.33. The fourth-order valence-electron chi connectivity index (χ4n) is 2.01. The van der Waals surface area contributed by atoms with Crippen LogP contribution in [0, 0.1) is 0 Å². The Morgan fingerprint density at radius 1 is 1.18 bits per heavy atom. The van der Waals surface area contributed by atoms with Crippen LogP contribution in [0.5, 0.6) is 0 Å². The zero-order chi connectivity index (χ0) is 15.5. The minimum Gasteiger partial charge on any atom is -0.451 e. The smallest absolute Gasteiger partial charge is 0.287 e. The Balaban J connectivity index is 1.85. The van der Waals surface area contributed by atoms with Gasteiger partial charge < -0.3 is 9.73 Å². The number of carbonyl (C=O) groups excluding carboxylic acids is 1. The molecular weight excluding hydrogens is 348 g/mol. The minimum absolute atomic E-state index is 0.00567. The SMILES string of the molecule is O=C(NCc1ccncc1)c1cc(=O)c2cc(Br)ccc2o1. The van der Waals surface area contributed by atoms with E-state index in [0.717, 1.165) is 10.0 Å². The second-order valence-electron chi connectivity index (χ2n) is 4.65. The van der Waals surface area contributed by atoms with Crippen LogP contribution in [0.2, 0.25) is 0 Å². The second kappa shape index (κ2) is 6.11. The maximum absolute atomic E-state index is 12.1. The van der Waals surface area contributed by atoms with Gasteiger partial charge >= 0.3 is 0 Å². The van der Waals surface area contributed by atoms with Crippen molar-refractivity contribution >= 4 is 32.8 Å². The molecule has 1 amide bonds. The molecule has 110 valence electrons. The van der Waals surface area contributed by atoms with Crippen LogP contribution in [-0.2, 0) is 6.54 Å². The molecule has 0 saturated carbocycles. The van der Waals surface area contributed by atoms with E-state index in [-0.39, 0.29) is 11.2 Å². The molecule has 6 heteroatoms. The molecule has 0 radical (unpaired) electrons. The summed E-state index contributed by atoms with van der Waals surface area (Å²) >= 11 is 3.30. The van der Waals surface area contributed by atoms with Gasteiger partial charge in [-0.25, -0.2) is 0 Å². The Morgan fingerprint density at radius 2 is 1.95 bits per heavy atom. The minimum atomic E-state index is -0.432. The number of hydrogen-bond donors (Lipinski definition) is 1. The number of benzene rings is 1. The first-order valence-electron chi connectivity index (χ1n) is 6.54. The molecule has 0 fully saturated rings. The van der Waals surface area contributed by atoms with E-state index in [0.29, 0.717) is 17.5 Å². The third kappa shape index (κ3) is 3.07. The molecule has 0 aliphatic heterocycles. The Kier molecular flexibility index (Phi) is 4.02. The zero-order valence-electron chi connectivity index (χ0n) is 11.4. The number of nitrogens with zero attached hydrogens (tertiary/aromatic N) is 1. The summed E-state index contributed by atoms with van der Waals surface area (Å²) in [4.78, 5) is 28.1. The van der Waals surface area contributed by atoms with Crippen molar-refractivity contribution in [3.63, 3.8) is 0 Å². The predicted octanol–water partition coefficient (Wildman–Crippen LogP) is 2.88. The number of aromatic nitrogens is 1. The highest BCUT2D eigenvalue weighted by molar-refractivity contribution is 9.10. The zero-order valence-corrected chi connectivity index (χ0v) is 13.0. The lowest BCUT2D eigenvalue weighted by Crippen LogP contribution is -2.24. The Morgan fingerprint density at radius 3 is 2.73 bits per heavy atom. The standard InChI is InChI=1S/C16H11BrN2O3/c17-11-1-2-14-12(7-11)13(20)8-15(22-14)16(21)19-9-10-3-5-18-6-4-10/h1-8H,9H2,(H,19,21). The Hall–Kier alpha value is -2.47. The topological polar surface area (TPSA) is 72.2 Å². The van der Waals surface area contributed by atoms with Crippen LogP contribution in [0.15, 0.2) is 62.5 Å². The molecule has 5 nitrogen and oxygen atoms in total. The third-order valence-corrected chi connectivity index (χ3v) is 3.61. The van der Waals surface area contributed by atoms with Crippen molar-refractivity contribution in [2.75, 3.05) is 0 Å². The van der Waals surface area contributed by atoms with Crippen LogP contribution in [0.4, 0.5) is 0 Å². The monoisotopic (exact) mass is 358 g/mol. The van der Waals surface area contributed by atoms with Gasteiger partial charge in [0.05, 0.1) is 5.39 Å². The molecule has 22 heavy (non-hydrogen) atoms. The van der Waals surface area contributed by atoms with E-state index in [4.69, 9.17) is 4.42 Å². The maximum Gasteiger partial charge on any atom is 0.287 e. The largest absolute Gasteiger partial charge is 0.451 e. The van der Waals surface area contributed by atoms with E-state index in [9.17, 15) is 9.59 Å². The highest BCUT2D eigenvalue weighted by Gasteiger charge is 2.12. The number of amides is 1. The first-order chi connectivity index (χ1) is 10.6. The summed E-state index contributed by atoms with van der Waals surface area (Å²) in [5, 5.41) is 3.14. The van der Waals surface area contributed by atoms with Gasteiger partial charge in [0.2, 0.25) is 0 Å². The fourth-order valence-corrected chi connectivity index (χ4v) is 2.37. The van der Waals surface area contributed by atoms with Crippen molar-refractivity contribution in [3.05, 3.63) is 74.8 Å². The van der Waals surface area contributed by atoms with E-state index in [1.54, 1.807) is 42.7 Å². The van der Waals surface area contributed by atoms with Gasteiger partial charge in [0, 0.05) is 29.5 Å². The van der Waals surface area contributed by atoms with Crippen molar-refractivity contribution < 1.29 is 9.21 Å². The number of halogens is 1. The summed E-state index contributed by atoms with van der Waals surface area (Å²) in [6.45, 7) is 0.337. The number of rotatable bonds is 3. The molecule has 0 spiro atoms. The average Bonchev–Trinajstić information content (AvgIpc) is 2.54. The summed E-state index contributed by atoms with van der Waals surface area (Å²) in [6.07, 6.45) is 3.30. The van der Waals surface area contributed by atoms with Gasteiger partial charge in [0.1, 0.15) is 5.58 Å². The molecule has 0 saturated heterocycles. The Bertz CT molecular complexity index is 891. The van der Waals surface area contributed by atoms with Crippen LogP contribution in [0.3, 0.4) is 0 Å². The molecule has 3 aromatic rings. The molecule has 0 unspecified atom stereocenters. The van der Waals surface area contributed by atoms with E-state index < -0.39 is 5.91 Å². The van der Waals surface area contributed by atoms with Gasteiger partial charge in [-0.3, -0.25) is 14.6 Å². The normalized spacial score (nSPS) is 10.6. The summed E-state index contributed by atoms with van der Waals surface area (Å²) in [7, 11) is 0. The van der Waals surface area contributed by atoms with Crippen molar-refractivity contribution in [3.8, 4) is 0 Å². The van der Waals surface area contributed by atoms with Crippen molar-refractivity contribution in [1.29, 1.82) is 0 Å². The second-order valence-corrected chi connectivity index (χ2v) is 5.57. The lowest BCUT2D eigenvalue weighted by Gasteiger charge is -2.05. The molecular formula is C16H11BrN2O3. The lowest BCUT2D eigenvalue weighted by atomic mass is 10.2. The van der Waals surface area contributed by atoms with Crippen LogP contribution in [-0.4, -0.2) is 10.9 Å². The summed E-state index contributed by atoms with van der Waals surface area (Å²) in [5.74, 6) is -0.437. The number of pyridine rings is 1. The highest BCUT2D eigenvalue weighted by Crippen LogP contribution is 2.18. The highest BCUT2D eigenvalue weighted by atomic mass is 79.9. The van der Waals surface area contributed by atoms with Gasteiger partial charge in [-0.1, -0.05) is 15.9 Å². The predicted molar refractivity (Wildman–Crippen MR) is 85.6 cm³/mol. The van der Waals surface area contributed by atoms with E-state index in [1.165, 1.54) is 6.07 Å². The fraction of sp³-hybridized carbons (Fsp3) is 0.0625. The van der Waals surface area contributed by atoms with E-state index in [1.807, 2.05) is 0 Å². The van der Waals surface area contributed by atoms with Gasteiger partial charge in [-0.05, 0) is 35.9 Å². The molecule has 0 aliphatic rings. The maximum atomic E-state index is 12.1. The van der Waals surface area contributed by atoms with Gasteiger partial charge in [-0.2, -0.15) is 0 Å². The number of carbonyl (C=O) groups is 1. The molecule has 1 N–H and O–H groups in total. The van der Waals surface area contributed by atoms with Gasteiger partial charge in [0.15, 0.2) is 11.2 Å². The lowest BCUT2D eigenvalue weighted by molar-refractivity contribution is 0.0923. The Labute approximate surface area is 134 Å². The third-order valence-electron chi connectivity index (χ3n) is 3.12. The number of hydrogen-bond acceptors (Lipinski definition) is 4. The molecule has 0 bridgehead atoms. The quantitative estimate of drug-likeness (QED) is 0.781. The summed E-state index contributed by atoms with van der Waals surface area (Å²) in [6, 6.07) is 9.88. The van der Waals surface area contributed by atoms with Crippen molar-refractivity contribution in [2.24, 2.45) is 0 Å². The molecule has 0 atom stereocenters. The summed E-state index contributed by atoms with van der Waals surface area (Å²) < 4.78 is 6.28. The van der Waals surface area contributed by atoms with Crippen LogP contribution >= 0.6 is 15.9 Å². The van der Waals surface area contributed by atoms with E-state index >= 15 is 0 Å².